The number of aliphatic imine (C=N–C) groups is 1. The summed E-state index contributed by atoms with van der Waals surface area (Å²) in [6, 6.07) is 0. The molecule has 0 aromatic rings. The van der Waals surface area contributed by atoms with Gasteiger partial charge in [0.25, 0.3) is 0 Å². The van der Waals surface area contributed by atoms with E-state index in [-0.39, 0.29) is 0 Å². The van der Waals surface area contributed by atoms with Gasteiger partial charge < -0.3 is 4.90 Å². The van der Waals surface area contributed by atoms with Crippen LogP contribution in [0.3, 0.4) is 0 Å². The molecule has 0 aromatic carbocycles. The van der Waals surface area contributed by atoms with E-state index in [9.17, 15) is 0 Å². The molecule has 0 unspecified atom stereocenters. The van der Waals surface area contributed by atoms with Gasteiger partial charge in [-0.05, 0) is 19.8 Å². The van der Waals surface area contributed by atoms with Crippen LogP contribution in [0.15, 0.2) is 29.2 Å². The van der Waals surface area contributed by atoms with Crippen molar-refractivity contribution >= 4 is 6.21 Å². The predicted octanol–water partition coefficient (Wildman–Crippen LogP) is 4.50. The third-order valence-electron chi connectivity index (χ3n) is 3.17. The number of rotatable bonds is 8. The molecular formula is C15H26N2. The molecule has 2 heteroatoms. The van der Waals surface area contributed by atoms with E-state index in [1.807, 2.05) is 18.6 Å². The van der Waals surface area contributed by atoms with E-state index in [1.165, 1.54) is 50.6 Å². The molecule has 0 N–H and O–H groups in total. The number of nitrogens with zero attached hydrogens (tertiary/aromatic N) is 2. The lowest BCUT2D eigenvalue weighted by molar-refractivity contribution is 0.523. The van der Waals surface area contributed by atoms with Gasteiger partial charge in [0.05, 0.1) is 6.54 Å². The fourth-order valence-electron chi connectivity index (χ4n) is 1.99. The van der Waals surface area contributed by atoms with Gasteiger partial charge in [-0.3, -0.25) is 4.99 Å². The predicted molar refractivity (Wildman–Crippen MR) is 76.1 cm³/mol. The smallest absolute Gasteiger partial charge is 0.0576 e. The van der Waals surface area contributed by atoms with Crippen molar-refractivity contribution in [3.63, 3.8) is 0 Å². The van der Waals surface area contributed by atoms with Crippen molar-refractivity contribution < 1.29 is 0 Å². The highest BCUT2D eigenvalue weighted by molar-refractivity contribution is 5.62. The molecule has 0 fully saturated rings. The second-order valence-corrected chi connectivity index (χ2v) is 4.68. The Morgan fingerprint density at radius 1 is 1.24 bits per heavy atom. The standard InChI is InChI=1S/C15H26N2/c1-3-4-5-6-7-8-9-10-15(2)17-13-11-16-12-14-17/h10-13H,3-9,14H2,1-2H3. The molecule has 17 heavy (non-hydrogen) atoms. The third kappa shape index (κ3) is 6.30. The maximum atomic E-state index is 4.07. The van der Waals surface area contributed by atoms with Crippen molar-refractivity contribution in [3.05, 3.63) is 24.2 Å². The van der Waals surface area contributed by atoms with Crippen molar-refractivity contribution in [2.75, 3.05) is 6.54 Å². The van der Waals surface area contributed by atoms with Crippen LogP contribution < -0.4 is 0 Å². The first-order valence-corrected chi connectivity index (χ1v) is 6.96. The quantitative estimate of drug-likeness (QED) is 0.565. The molecule has 0 radical (unpaired) electrons. The topological polar surface area (TPSA) is 15.6 Å². The molecule has 0 saturated carbocycles. The molecule has 1 heterocycles. The Balaban J connectivity index is 2.07. The molecule has 0 aromatic heterocycles. The third-order valence-corrected chi connectivity index (χ3v) is 3.17. The first-order chi connectivity index (χ1) is 8.34. The first kappa shape index (κ1) is 14.0. The van der Waals surface area contributed by atoms with Crippen LogP contribution in [0.4, 0.5) is 0 Å². The Bertz CT molecular complexity index is 277. The van der Waals surface area contributed by atoms with Gasteiger partial charge in [0.15, 0.2) is 0 Å². The van der Waals surface area contributed by atoms with Crippen molar-refractivity contribution in [1.82, 2.24) is 4.90 Å². The average Bonchev–Trinajstić information content (AvgIpc) is 2.38. The van der Waals surface area contributed by atoms with Gasteiger partial charge in [-0.2, -0.15) is 0 Å². The lowest BCUT2D eigenvalue weighted by Gasteiger charge is -2.20. The SMILES string of the molecule is CCCCCCCCC=C(C)N1C=CN=CC1. The monoisotopic (exact) mass is 234 g/mol. The highest BCUT2D eigenvalue weighted by Crippen LogP contribution is 2.11. The Kier molecular flexibility index (Phi) is 7.44. The minimum atomic E-state index is 0.912. The van der Waals surface area contributed by atoms with E-state index in [1.54, 1.807) is 0 Å². The summed E-state index contributed by atoms with van der Waals surface area (Å²) in [5.41, 5.74) is 1.35. The molecule has 0 saturated heterocycles. The van der Waals surface area contributed by atoms with Crippen LogP contribution in [0.2, 0.25) is 0 Å². The molecule has 2 nitrogen and oxygen atoms in total. The van der Waals surface area contributed by atoms with Crippen LogP contribution >= 0.6 is 0 Å². The van der Waals surface area contributed by atoms with E-state index >= 15 is 0 Å². The Labute approximate surface area is 106 Å². The molecule has 0 bridgehead atoms. The number of unbranched alkanes of at least 4 members (excludes halogenated alkanes) is 6. The first-order valence-electron chi connectivity index (χ1n) is 6.96. The van der Waals surface area contributed by atoms with E-state index in [0.29, 0.717) is 0 Å². The van der Waals surface area contributed by atoms with Crippen LogP contribution in [0.5, 0.6) is 0 Å². The molecule has 0 atom stereocenters. The van der Waals surface area contributed by atoms with Gasteiger partial charge in [0, 0.05) is 24.3 Å². The van der Waals surface area contributed by atoms with Gasteiger partial charge in [-0.1, -0.05) is 45.1 Å². The van der Waals surface area contributed by atoms with Gasteiger partial charge in [-0.15, -0.1) is 0 Å². The summed E-state index contributed by atoms with van der Waals surface area (Å²) < 4.78 is 0. The van der Waals surface area contributed by atoms with Gasteiger partial charge in [0.1, 0.15) is 0 Å². The number of allylic oxidation sites excluding steroid dienone is 2. The Morgan fingerprint density at radius 3 is 2.71 bits per heavy atom. The maximum absolute atomic E-state index is 4.07. The van der Waals surface area contributed by atoms with E-state index in [0.717, 1.165) is 6.54 Å². The summed E-state index contributed by atoms with van der Waals surface area (Å²) in [4.78, 5) is 6.31. The van der Waals surface area contributed by atoms with E-state index in [2.05, 4.69) is 29.8 Å². The van der Waals surface area contributed by atoms with Gasteiger partial charge in [0.2, 0.25) is 0 Å². The highest BCUT2D eigenvalue weighted by atomic mass is 15.1. The fraction of sp³-hybridized carbons (Fsp3) is 0.667. The average molecular weight is 234 g/mol. The van der Waals surface area contributed by atoms with Gasteiger partial charge in [-0.25, -0.2) is 0 Å². The molecule has 1 aliphatic heterocycles. The summed E-state index contributed by atoms with van der Waals surface area (Å²) in [7, 11) is 0. The van der Waals surface area contributed by atoms with E-state index < -0.39 is 0 Å². The van der Waals surface area contributed by atoms with E-state index in [4.69, 9.17) is 0 Å². The normalized spacial score (nSPS) is 15.6. The zero-order chi connectivity index (χ0) is 12.3. The number of hydrogen-bond acceptors (Lipinski definition) is 2. The molecule has 0 spiro atoms. The van der Waals surface area contributed by atoms with Crippen LogP contribution in [0, 0.1) is 0 Å². The van der Waals surface area contributed by atoms with Crippen LogP contribution in [0.1, 0.15) is 58.8 Å². The molecule has 0 amide bonds. The number of hydrogen-bond donors (Lipinski definition) is 0. The summed E-state index contributed by atoms with van der Waals surface area (Å²) in [6.07, 6.45) is 17.6. The summed E-state index contributed by atoms with van der Waals surface area (Å²) in [6.45, 7) is 5.36. The molecular weight excluding hydrogens is 208 g/mol. The van der Waals surface area contributed by atoms with Crippen molar-refractivity contribution in [2.24, 2.45) is 4.99 Å². The Morgan fingerprint density at radius 2 is 2.00 bits per heavy atom. The second kappa shape index (κ2) is 9.03. The van der Waals surface area contributed by atoms with Crippen LogP contribution in [-0.4, -0.2) is 17.7 Å². The second-order valence-electron chi connectivity index (χ2n) is 4.68. The Hall–Kier alpha value is -1.05. The molecule has 1 aliphatic rings. The molecule has 0 aliphatic carbocycles. The lowest BCUT2D eigenvalue weighted by Crippen LogP contribution is -2.19. The minimum absolute atomic E-state index is 0.912. The zero-order valence-corrected chi connectivity index (χ0v) is 11.4. The van der Waals surface area contributed by atoms with Crippen molar-refractivity contribution in [3.8, 4) is 0 Å². The highest BCUT2D eigenvalue weighted by Gasteiger charge is 2.01. The maximum Gasteiger partial charge on any atom is 0.0576 e. The largest absolute Gasteiger partial charge is 0.345 e. The fourth-order valence-corrected chi connectivity index (χ4v) is 1.99. The summed E-state index contributed by atoms with van der Waals surface area (Å²) in [5.74, 6) is 0. The van der Waals surface area contributed by atoms with Crippen LogP contribution in [-0.2, 0) is 0 Å². The van der Waals surface area contributed by atoms with Crippen molar-refractivity contribution in [1.29, 1.82) is 0 Å². The summed E-state index contributed by atoms with van der Waals surface area (Å²) in [5, 5.41) is 0. The molecule has 1 rings (SSSR count). The summed E-state index contributed by atoms with van der Waals surface area (Å²) >= 11 is 0. The van der Waals surface area contributed by atoms with Crippen molar-refractivity contribution in [2.45, 2.75) is 58.8 Å². The van der Waals surface area contributed by atoms with Gasteiger partial charge >= 0.3 is 0 Å². The lowest BCUT2D eigenvalue weighted by atomic mass is 10.1. The van der Waals surface area contributed by atoms with Crippen LogP contribution in [0.25, 0.3) is 0 Å². The molecule has 96 valence electrons. The minimum Gasteiger partial charge on any atom is -0.345 e. The zero-order valence-electron chi connectivity index (χ0n) is 11.4.